The summed E-state index contributed by atoms with van der Waals surface area (Å²) in [6.45, 7) is 8.45. The average molecular weight is 270 g/mol. The van der Waals surface area contributed by atoms with Crippen LogP contribution in [0.3, 0.4) is 0 Å². The first-order chi connectivity index (χ1) is 8.87. The first-order valence-electron chi connectivity index (χ1n) is 7.56. The molecule has 1 saturated carbocycles. The molecule has 3 atom stereocenters. The van der Waals surface area contributed by atoms with Crippen molar-refractivity contribution in [2.24, 2.45) is 11.7 Å². The van der Waals surface area contributed by atoms with E-state index in [0.29, 0.717) is 6.61 Å². The van der Waals surface area contributed by atoms with Gasteiger partial charge in [-0.3, -0.25) is 10.1 Å². The molecule has 0 aromatic heterocycles. The van der Waals surface area contributed by atoms with Gasteiger partial charge < -0.3 is 10.5 Å². The summed E-state index contributed by atoms with van der Waals surface area (Å²) in [5.74, 6) is 0.431. The molecule has 1 aliphatic carbocycles. The SMILES string of the molecule is CCC1CCCC(OCC(C)(NC(C)C)C(N)=O)C1. The highest BCUT2D eigenvalue weighted by Crippen LogP contribution is 2.28. The molecular formula is C15H30N2O2. The Hall–Kier alpha value is -0.610. The van der Waals surface area contributed by atoms with Gasteiger partial charge in [0.05, 0.1) is 12.7 Å². The van der Waals surface area contributed by atoms with E-state index >= 15 is 0 Å². The lowest BCUT2D eigenvalue weighted by Crippen LogP contribution is -2.59. The average Bonchev–Trinajstić information content (AvgIpc) is 2.35. The summed E-state index contributed by atoms with van der Waals surface area (Å²) in [6.07, 6.45) is 6.27. The molecule has 0 radical (unpaired) electrons. The molecule has 19 heavy (non-hydrogen) atoms. The molecule has 1 aliphatic rings. The Labute approximate surface area is 117 Å². The largest absolute Gasteiger partial charge is 0.376 e. The topological polar surface area (TPSA) is 64.3 Å². The monoisotopic (exact) mass is 270 g/mol. The Kier molecular flexibility index (Phi) is 6.27. The number of hydrogen-bond acceptors (Lipinski definition) is 3. The molecule has 1 fully saturated rings. The summed E-state index contributed by atoms with van der Waals surface area (Å²) < 4.78 is 5.98. The number of primary amides is 1. The molecule has 1 amide bonds. The zero-order valence-corrected chi connectivity index (χ0v) is 12.9. The zero-order valence-electron chi connectivity index (χ0n) is 12.9. The standard InChI is InChI=1S/C15H30N2O2/c1-5-12-7-6-8-13(9-12)19-10-15(4,14(16)18)17-11(2)3/h11-13,17H,5-10H2,1-4H3,(H2,16,18). The smallest absolute Gasteiger partial charge is 0.239 e. The lowest BCUT2D eigenvalue weighted by atomic mass is 9.85. The number of rotatable bonds is 7. The van der Waals surface area contributed by atoms with Gasteiger partial charge in [0.15, 0.2) is 0 Å². The predicted molar refractivity (Wildman–Crippen MR) is 77.9 cm³/mol. The second-order valence-electron chi connectivity index (χ2n) is 6.37. The number of carbonyl (C=O) groups excluding carboxylic acids is 1. The molecular weight excluding hydrogens is 240 g/mol. The maximum atomic E-state index is 11.6. The fourth-order valence-corrected chi connectivity index (χ4v) is 2.87. The first-order valence-corrected chi connectivity index (χ1v) is 7.56. The van der Waals surface area contributed by atoms with Crippen molar-refractivity contribution in [2.45, 2.75) is 77.5 Å². The lowest BCUT2D eigenvalue weighted by molar-refractivity contribution is -0.128. The van der Waals surface area contributed by atoms with Crippen LogP contribution in [-0.2, 0) is 9.53 Å². The van der Waals surface area contributed by atoms with Gasteiger partial charge in [-0.25, -0.2) is 0 Å². The van der Waals surface area contributed by atoms with Crippen LogP contribution >= 0.6 is 0 Å². The van der Waals surface area contributed by atoms with E-state index in [1.54, 1.807) is 0 Å². The van der Waals surface area contributed by atoms with Crippen molar-refractivity contribution < 1.29 is 9.53 Å². The van der Waals surface area contributed by atoms with Gasteiger partial charge in [0.2, 0.25) is 5.91 Å². The molecule has 112 valence electrons. The van der Waals surface area contributed by atoms with Gasteiger partial charge in [-0.05, 0) is 39.5 Å². The number of nitrogens with two attached hydrogens (primary N) is 1. The van der Waals surface area contributed by atoms with Crippen molar-refractivity contribution in [3.05, 3.63) is 0 Å². The third-order valence-corrected chi connectivity index (χ3v) is 4.07. The molecule has 0 spiro atoms. The van der Waals surface area contributed by atoms with Gasteiger partial charge in [-0.15, -0.1) is 0 Å². The second-order valence-corrected chi connectivity index (χ2v) is 6.37. The van der Waals surface area contributed by atoms with Crippen molar-refractivity contribution in [1.82, 2.24) is 5.32 Å². The number of hydrogen-bond donors (Lipinski definition) is 2. The van der Waals surface area contributed by atoms with E-state index in [9.17, 15) is 4.79 Å². The van der Waals surface area contributed by atoms with E-state index in [-0.39, 0.29) is 18.1 Å². The van der Waals surface area contributed by atoms with Crippen LogP contribution < -0.4 is 11.1 Å². The maximum absolute atomic E-state index is 11.6. The van der Waals surface area contributed by atoms with E-state index < -0.39 is 5.54 Å². The Bertz CT molecular complexity index is 294. The van der Waals surface area contributed by atoms with Crippen molar-refractivity contribution >= 4 is 5.91 Å². The molecule has 4 heteroatoms. The third-order valence-electron chi connectivity index (χ3n) is 4.07. The van der Waals surface area contributed by atoms with E-state index in [1.165, 1.54) is 19.3 Å². The number of carbonyl (C=O) groups is 1. The van der Waals surface area contributed by atoms with Gasteiger partial charge in [0.1, 0.15) is 5.54 Å². The van der Waals surface area contributed by atoms with Crippen LogP contribution in [0.5, 0.6) is 0 Å². The zero-order chi connectivity index (χ0) is 14.5. The van der Waals surface area contributed by atoms with E-state index in [2.05, 4.69) is 12.2 Å². The van der Waals surface area contributed by atoms with Gasteiger partial charge in [-0.2, -0.15) is 0 Å². The van der Waals surface area contributed by atoms with E-state index in [4.69, 9.17) is 10.5 Å². The van der Waals surface area contributed by atoms with Crippen LogP contribution in [0.4, 0.5) is 0 Å². The minimum absolute atomic E-state index is 0.204. The Morgan fingerprint density at radius 2 is 2.16 bits per heavy atom. The number of nitrogens with one attached hydrogen (secondary N) is 1. The molecule has 4 nitrogen and oxygen atoms in total. The van der Waals surface area contributed by atoms with Crippen LogP contribution in [0.25, 0.3) is 0 Å². The minimum atomic E-state index is -0.771. The minimum Gasteiger partial charge on any atom is -0.376 e. The first kappa shape index (κ1) is 16.4. The summed E-state index contributed by atoms with van der Waals surface area (Å²) in [7, 11) is 0. The molecule has 0 aromatic rings. The van der Waals surface area contributed by atoms with Crippen LogP contribution in [0, 0.1) is 5.92 Å². The Morgan fingerprint density at radius 1 is 1.47 bits per heavy atom. The molecule has 0 aromatic carbocycles. The van der Waals surface area contributed by atoms with Crippen molar-refractivity contribution in [3.8, 4) is 0 Å². The van der Waals surface area contributed by atoms with Crippen molar-refractivity contribution in [1.29, 1.82) is 0 Å². The summed E-state index contributed by atoms with van der Waals surface area (Å²) in [4.78, 5) is 11.6. The number of ether oxygens (including phenoxy) is 1. The fraction of sp³-hybridized carbons (Fsp3) is 0.933. The molecule has 3 unspecified atom stereocenters. The highest BCUT2D eigenvalue weighted by molar-refractivity contribution is 5.84. The van der Waals surface area contributed by atoms with Crippen LogP contribution in [0.1, 0.15) is 59.8 Å². The lowest BCUT2D eigenvalue weighted by Gasteiger charge is -2.34. The summed E-state index contributed by atoms with van der Waals surface area (Å²) in [5.41, 5.74) is 4.74. The Morgan fingerprint density at radius 3 is 2.68 bits per heavy atom. The maximum Gasteiger partial charge on any atom is 0.239 e. The van der Waals surface area contributed by atoms with Crippen LogP contribution in [0.15, 0.2) is 0 Å². The van der Waals surface area contributed by atoms with E-state index in [1.807, 2.05) is 20.8 Å². The molecule has 0 bridgehead atoms. The van der Waals surface area contributed by atoms with Gasteiger partial charge in [-0.1, -0.05) is 26.2 Å². The quantitative estimate of drug-likeness (QED) is 0.745. The summed E-state index contributed by atoms with van der Waals surface area (Å²) in [6, 6.07) is 0.204. The van der Waals surface area contributed by atoms with Crippen LogP contribution in [0.2, 0.25) is 0 Å². The van der Waals surface area contributed by atoms with Gasteiger partial charge in [0, 0.05) is 6.04 Å². The van der Waals surface area contributed by atoms with Gasteiger partial charge >= 0.3 is 0 Å². The van der Waals surface area contributed by atoms with Crippen molar-refractivity contribution in [2.75, 3.05) is 6.61 Å². The highest BCUT2D eigenvalue weighted by Gasteiger charge is 2.33. The second kappa shape index (κ2) is 7.25. The van der Waals surface area contributed by atoms with E-state index in [0.717, 1.165) is 18.8 Å². The van der Waals surface area contributed by atoms with Crippen molar-refractivity contribution in [3.63, 3.8) is 0 Å². The third kappa shape index (κ3) is 5.11. The summed E-state index contributed by atoms with van der Waals surface area (Å²) >= 11 is 0. The van der Waals surface area contributed by atoms with Crippen LogP contribution in [-0.4, -0.2) is 30.2 Å². The normalized spacial score (nSPS) is 27.2. The molecule has 3 N–H and O–H groups in total. The number of amides is 1. The Balaban J connectivity index is 2.49. The van der Waals surface area contributed by atoms with Gasteiger partial charge in [0.25, 0.3) is 0 Å². The highest BCUT2D eigenvalue weighted by atomic mass is 16.5. The summed E-state index contributed by atoms with van der Waals surface area (Å²) in [5, 5.41) is 3.22. The molecule has 0 saturated heterocycles. The molecule has 0 aliphatic heterocycles. The fourth-order valence-electron chi connectivity index (χ4n) is 2.87. The predicted octanol–water partition coefficient (Wildman–Crippen LogP) is 2.21. The molecule has 0 heterocycles. The molecule has 1 rings (SSSR count).